The summed E-state index contributed by atoms with van der Waals surface area (Å²) in [5, 5.41) is 8.58. The minimum atomic E-state index is -0.780. The Labute approximate surface area is 119 Å². The summed E-state index contributed by atoms with van der Waals surface area (Å²) in [6.45, 7) is 3.78. The summed E-state index contributed by atoms with van der Waals surface area (Å²) in [5.41, 5.74) is 6.08. The van der Waals surface area contributed by atoms with E-state index in [9.17, 15) is 9.59 Å². The van der Waals surface area contributed by atoms with Gasteiger partial charge < -0.3 is 5.73 Å². The van der Waals surface area contributed by atoms with Gasteiger partial charge in [0.25, 0.3) is 5.56 Å². The number of hydrogen-bond donors (Lipinski definition) is 1. The fourth-order valence-corrected chi connectivity index (χ4v) is 3.96. The van der Waals surface area contributed by atoms with E-state index < -0.39 is 11.9 Å². The van der Waals surface area contributed by atoms with E-state index in [0.717, 1.165) is 29.5 Å². The molecule has 0 saturated carbocycles. The maximum Gasteiger partial charge on any atom is 0.279 e. The van der Waals surface area contributed by atoms with Gasteiger partial charge in [-0.2, -0.15) is 4.68 Å². The van der Waals surface area contributed by atoms with Gasteiger partial charge in [-0.3, -0.25) is 9.59 Å². The quantitative estimate of drug-likeness (QED) is 0.894. The van der Waals surface area contributed by atoms with E-state index in [2.05, 4.69) is 17.2 Å². The largest absolute Gasteiger partial charge is 0.368 e. The molecular weight excluding hydrogens is 276 g/mol. The second-order valence-electron chi connectivity index (χ2n) is 5.45. The van der Waals surface area contributed by atoms with Crippen LogP contribution in [0.1, 0.15) is 36.8 Å². The number of amides is 1. The van der Waals surface area contributed by atoms with Crippen LogP contribution in [0.3, 0.4) is 0 Å². The van der Waals surface area contributed by atoms with Crippen molar-refractivity contribution < 1.29 is 4.79 Å². The van der Waals surface area contributed by atoms with Crippen LogP contribution in [0.2, 0.25) is 0 Å². The molecule has 2 atom stereocenters. The minimum Gasteiger partial charge on any atom is -0.368 e. The van der Waals surface area contributed by atoms with Crippen LogP contribution >= 0.6 is 11.3 Å². The van der Waals surface area contributed by atoms with E-state index in [1.807, 2.05) is 0 Å². The first kappa shape index (κ1) is 13.2. The molecule has 2 unspecified atom stereocenters. The van der Waals surface area contributed by atoms with Crippen LogP contribution in [0, 0.1) is 5.92 Å². The highest BCUT2D eigenvalue weighted by atomic mass is 32.1. The molecule has 106 valence electrons. The Hall–Kier alpha value is -1.76. The number of primary amides is 1. The van der Waals surface area contributed by atoms with Crippen molar-refractivity contribution >= 4 is 27.5 Å². The Bertz CT molecular complexity index is 749. The Balaban J connectivity index is 2.23. The van der Waals surface area contributed by atoms with Gasteiger partial charge in [-0.15, -0.1) is 16.4 Å². The number of carbonyl (C=O) groups is 1. The number of fused-ring (bicyclic) bond motifs is 3. The lowest BCUT2D eigenvalue weighted by Gasteiger charge is -2.17. The second-order valence-corrected chi connectivity index (χ2v) is 6.53. The number of rotatable bonds is 2. The molecule has 7 heteroatoms. The standard InChI is InChI=1S/C13H16N4O2S/c1-6-3-4-8-9(5-6)20-12-10(8)13(19)17(16-15-12)7(2)11(14)18/h6-7H,3-5H2,1-2H3,(H2,14,18). The molecule has 0 bridgehead atoms. The smallest absolute Gasteiger partial charge is 0.279 e. The molecule has 20 heavy (non-hydrogen) atoms. The first-order chi connectivity index (χ1) is 9.49. The Morgan fingerprint density at radius 1 is 1.55 bits per heavy atom. The van der Waals surface area contributed by atoms with Crippen LogP contribution in [-0.2, 0) is 17.6 Å². The molecule has 0 spiro atoms. The number of carbonyl (C=O) groups excluding carboxylic acids is 1. The average Bonchev–Trinajstić information content (AvgIpc) is 2.76. The van der Waals surface area contributed by atoms with Crippen molar-refractivity contribution in [2.45, 2.75) is 39.2 Å². The van der Waals surface area contributed by atoms with E-state index >= 15 is 0 Å². The third kappa shape index (κ3) is 1.93. The second kappa shape index (κ2) is 4.66. The number of nitrogens with zero attached hydrogens (tertiary/aromatic N) is 3. The highest BCUT2D eigenvalue weighted by Crippen LogP contribution is 2.35. The van der Waals surface area contributed by atoms with Crippen molar-refractivity contribution in [3.05, 3.63) is 20.8 Å². The maximum atomic E-state index is 12.5. The van der Waals surface area contributed by atoms with Crippen LogP contribution < -0.4 is 11.3 Å². The lowest BCUT2D eigenvalue weighted by atomic mass is 9.89. The Kier molecular flexibility index (Phi) is 3.08. The van der Waals surface area contributed by atoms with E-state index in [0.29, 0.717) is 16.1 Å². The van der Waals surface area contributed by atoms with E-state index in [1.54, 1.807) is 18.3 Å². The van der Waals surface area contributed by atoms with Crippen molar-refractivity contribution in [1.29, 1.82) is 0 Å². The fourth-order valence-electron chi connectivity index (χ4n) is 2.65. The predicted octanol–water partition coefficient (Wildman–Crippen LogP) is 1.02. The molecule has 0 aromatic carbocycles. The SMILES string of the molecule is CC1CCc2c(sc3nnn(C(C)C(N)=O)c(=O)c23)C1. The average molecular weight is 292 g/mol. The van der Waals surface area contributed by atoms with Crippen LogP contribution in [0.15, 0.2) is 4.79 Å². The van der Waals surface area contributed by atoms with Crippen molar-refractivity contribution in [1.82, 2.24) is 15.0 Å². The van der Waals surface area contributed by atoms with Gasteiger partial charge in [-0.25, -0.2) is 0 Å². The lowest BCUT2D eigenvalue weighted by molar-refractivity contribution is -0.121. The van der Waals surface area contributed by atoms with Crippen molar-refractivity contribution in [3.8, 4) is 0 Å². The molecule has 0 saturated heterocycles. The molecule has 2 aromatic heterocycles. The summed E-state index contributed by atoms with van der Waals surface area (Å²) < 4.78 is 1.09. The summed E-state index contributed by atoms with van der Waals surface area (Å²) in [4.78, 5) is 25.7. The molecule has 0 aliphatic heterocycles. The molecule has 1 amide bonds. The zero-order valence-electron chi connectivity index (χ0n) is 11.4. The number of aromatic nitrogens is 3. The monoisotopic (exact) mass is 292 g/mol. The van der Waals surface area contributed by atoms with Gasteiger partial charge in [-0.1, -0.05) is 12.1 Å². The van der Waals surface area contributed by atoms with Crippen molar-refractivity contribution in [3.63, 3.8) is 0 Å². The molecule has 1 aliphatic carbocycles. The van der Waals surface area contributed by atoms with Crippen LogP contribution in [0.4, 0.5) is 0 Å². The lowest BCUT2D eigenvalue weighted by Crippen LogP contribution is -2.34. The number of aryl methyl sites for hydroxylation is 1. The van der Waals surface area contributed by atoms with E-state index in [-0.39, 0.29) is 5.56 Å². The van der Waals surface area contributed by atoms with Crippen molar-refractivity contribution in [2.24, 2.45) is 11.7 Å². The summed E-state index contributed by atoms with van der Waals surface area (Å²) in [7, 11) is 0. The molecule has 6 nitrogen and oxygen atoms in total. The Morgan fingerprint density at radius 3 is 3.00 bits per heavy atom. The zero-order chi connectivity index (χ0) is 14.4. The highest BCUT2D eigenvalue weighted by molar-refractivity contribution is 7.18. The zero-order valence-corrected chi connectivity index (χ0v) is 12.2. The minimum absolute atomic E-state index is 0.256. The summed E-state index contributed by atoms with van der Waals surface area (Å²) in [6.07, 6.45) is 2.95. The maximum absolute atomic E-state index is 12.5. The van der Waals surface area contributed by atoms with Gasteiger partial charge in [-0.05, 0) is 37.7 Å². The van der Waals surface area contributed by atoms with Gasteiger partial charge >= 0.3 is 0 Å². The molecule has 2 heterocycles. The predicted molar refractivity (Wildman–Crippen MR) is 76.8 cm³/mol. The highest BCUT2D eigenvalue weighted by Gasteiger charge is 2.25. The summed E-state index contributed by atoms with van der Waals surface area (Å²) in [6, 6.07) is -0.780. The summed E-state index contributed by atoms with van der Waals surface area (Å²) in [5.74, 6) is 0.0498. The first-order valence-electron chi connectivity index (χ1n) is 6.68. The molecule has 2 N–H and O–H groups in total. The van der Waals surface area contributed by atoms with Gasteiger partial charge in [0, 0.05) is 4.88 Å². The molecule has 1 aliphatic rings. The van der Waals surface area contributed by atoms with Gasteiger partial charge in [0.1, 0.15) is 6.04 Å². The number of hydrogen-bond acceptors (Lipinski definition) is 5. The third-order valence-electron chi connectivity index (χ3n) is 3.93. The van der Waals surface area contributed by atoms with Gasteiger partial charge in [0.05, 0.1) is 5.39 Å². The first-order valence-corrected chi connectivity index (χ1v) is 7.49. The van der Waals surface area contributed by atoms with Crippen LogP contribution in [0.25, 0.3) is 10.2 Å². The topological polar surface area (TPSA) is 90.9 Å². The molecule has 2 aromatic rings. The van der Waals surface area contributed by atoms with Crippen LogP contribution in [0.5, 0.6) is 0 Å². The normalized spacial score (nSPS) is 19.8. The molecule has 0 radical (unpaired) electrons. The fraction of sp³-hybridized carbons (Fsp3) is 0.538. The van der Waals surface area contributed by atoms with Gasteiger partial charge in [0.15, 0.2) is 4.83 Å². The number of thiophene rings is 1. The Morgan fingerprint density at radius 2 is 2.30 bits per heavy atom. The number of nitrogens with two attached hydrogens (primary N) is 1. The summed E-state index contributed by atoms with van der Waals surface area (Å²) >= 11 is 1.54. The van der Waals surface area contributed by atoms with E-state index in [4.69, 9.17) is 5.73 Å². The van der Waals surface area contributed by atoms with E-state index in [1.165, 1.54) is 4.88 Å². The third-order valence-corrected chi connectivity index (χ3v) is 5.06. The molecule has 0 fully saturated rings. The molecule has 3 rings (SSSR count). The van der Waals surface area contributed by atoms with Gasteiger partial charge in [0.2, 0.25) is 5.91 Å². The molecular formula is C13H16N4O2S. The van der Waals surface area contributed by atoms with Crippen LogP contribution in [-0.4, -0.2) is 20.9 Å². The van der Waals surface area contributed by atoms with Crippen molar-refractivity contribution in [2.75, 3.05) is 0 Å².